The number of carbonyl (C=O) groups excluding carboxylic acids is 1. The molecule has 4 heteroatoms. The van der Waals surface area contributed by atoms with Crippen LogP contribution in [0.5, 0.6) is 0 Å². The van der Waals surface area contributed by atoms with Crippen LogP contribution in [0.1, 0.15) is 23.2 Å². The first-order valence-corrected chi connectivity index (χ1v) is 8.23. The van der Waals surface area contributed by atoms with Gasteiger partial charge in [0.2, 0.25) is 0 Å². The highest BCUT2D eigenvalue weighted by Crippen LogP contribution is 2.20. The molecule has 0 saturated carbocycles. The summed E-state index contributed by atoms with van der Waals surface area (Å²) in [5.41, 5.74) is 2.49. The molecule has 4 nitrogen and oxygen atoms in total. The Morgan fingerprint density at radius 1 is 1.09 bits per heavy atom. The van der Waals surface area contributed by atoms with Crippen molar-refractivity contribution in [1.29, 1.82) is 0 Å². The van der Waals surface area contributed by atoms with E-state index in [1.54, 1.807) is 0 Å². The van der Waals surface area contributed by atoms with Crippen molar-refractivity contribution in [1.82, 2.24) is 10.6 Å². The van der Waals surface area contributed by atoms with Gasteiger partial charge in [-0.3, -0.25) is 4.79 Å². The second kappa shape index (κ2) is 7.79. The van der Waals surface area contributed by atoms with E-state index in [0.717, 1.165) is 37.4 Å². The van der Waals surface area contributed by atoms with E-state index in [1.165, 1.54) is 6.42 Å². The molecule has 0 aliphatic carbocycles. The fraction of sp³-hybridized carbons (Fsp3) is 0.316. The third-order valence-electron chi connectivity index (χ3n) is 4.23. The molecule has 2 aromatic carbocycles. The summed E-state index contributed by atoms with van der Waals surface area (Å²) in [6.07, 6.45) is 2.25. The summed E-state index contributed by atoms with van der Waals surface area (Å²) in [6.45, 7) is 2.90. The first kappa shape index (κ1) is 15.6. The van der Waals surface area contributed by atoms with Crippen molar-refractivity contribution in [2.45, 2.75) is 12.8 Å². The van der Waals surface area contributed by atoms with Crippen molar-refractivity contribution in [3.8, 4) is 0 Å². The Hall–Kier alpha value is -2.33. The van der Waals surface area contributed by atoms with Gasteiger partial charge in [0.15, 0.2) is 0 Å². The topological polar surface area (TPSA) is 53.2 Å². The van der Waals surface area contributed by atoms with Gasteiger partial charge in [-0.2, -0.15) is 0 Å². The van der Waals surface area contributed by atoms with Crippen LogP contribution >= 0.6 is 0 Å². The molecule has 1 amide bonds. The summed E-state index contributed by atoms with van der Waals surface area (Å²) < 4.78 is 0. The zero-order valence-electron chi connectivity index (χ0n) is 13.2. The molecule has 1 aliphatic rings. The average molecular weight is 309 g/mol. The lowest BCUT2D eigenvalue weighted by atomic mass is 10.1. The van der Waals surface area contributed by atoms with Crippen LogP contribution in [0.25, 0.3) is 0 Å². The monoisotopic (exact) mass is 309 g/mol. The number of anilines is 2. The van der Waals surface area contributed by atoms with Crippen LogP contribution in [0.2, 0.25) is 0 Å². The zero-order valence-corrected chi connectivity index (χ0v) is 13.2. The first-order chi connectivity index (χ1) is 11.3. The zero-order chi connectivity index (χ0) is 15.9. The van der Waals surface area contributed by atoms with E-state index in [0.29, 0.717) is 11.5 Å². The van der Waals surface area contributed by atoms with E-state index in [9.17, 15) is 4.79 Å². The summed E-state index contributed by atoms with van der Waals surface area (Å²) in [7, 11) is 0. The largest absolute Gasteiger partial charge is 0.355 e. The highest BCUT2D eigenvalue weighted by molar-refractivity contribution is 6.00. The number of para-hydroxylation sites is 2. The maximum atomic E-state index is 12.5. The Bertz CT molecular complexity index is 636. The second-order valence-corrected chi connectivity index (χ2v) is 5.94. The van der Waals surface area contributed by atoms with Crippen LogP contribution in [-0.2, 0) is 0 Å². The summed E-state index contributed by atoms with van der Waals surface area (Å²) in [5, 5.41) is 9.72. The van der Waals surface area contributed by atoms with Crippen molar-refractivity contribution in [2.75, 3.05) is 25.0 Å². The molecule has 1 heterocycles. The van der Waals surface area contributed by atoms with Crippen LogP contribution in [0.4, 0.5) is 11.4 Å². The molecule has 1 saturated heterocycles. The van der Waals surface area contributed by atoms with Crippen LogP contribution in [-0.4, -0.2) is 25.5 Å². The highest BCUT2D eigenvalue weighted by Gasteiger charge is 2.15. The van der Waals surface area contributed by atoms with Gasteiger partial charge in [-0.15, -0.1) is 0 Å². The number of rotatable bonds is 6. The molecular formula is C19H23N3O. The van der Waals surface area contributed by atoms with E-state index < -0.39 is 0 Å². The molecule has 1 unspecified atom stereocenters. The smallest absolute Gasteiger partial charge is 0.253 e. The van der Waals surface area contributed by atoms with Crippen LogP contribution in [0.3, 0.4) is 0 Å². The molecule has 1 atom stereocenters. The third-order valence-corrected chi connectivity index (χ3v) is 4.23. The fourth-order valence-electron chi connectivity index (χ4n) is 2.91. The second-order valence-electron chi connectivity index (χ2n) is 5.94. The minimum absolute atomic E-state index is 0.0185. The maximum absolute atomic E-state index is 12.5. The SMILES string of the molecule is O=C(NCCC1CCNC1)c1ccccc1Nc1ccccc1. The van der Waals surface area contributed by atoms with Gasteiger partial charge in [0, 0.05) is 12.2 Å². The normalized spacial score (nSPS) is 17.0. The molecule has 0 radical (unpaired) electrons. The quantitative estimate of drug-likeness (QED) is 0.768. The number of amides is 1. The lowest BCUT2D eigenvalue weighted by Gasteiger charge is -2.13. The van der Waals surface area contributed by atoms with Crippen molar-refractivity contribution in [3.05, 3.63) is 60.2 Å². The summed E-state index contributed by atoms with van der Waals surface area (Å²) in [5.74, 6) is 0.669. The Morgan fingerprint density at radius 2 is 1.87 bits per heavy atom. The molecule has 0 aromatic heterocycles. The van der Waals surface area contributed by atoms with Crippen LogP contribution < -0.4 is 16.0 Å². The van der Waals surface area contributed by atoms with E-state index in [-0.39, 0.29) is 5.91 Å². The van der Waals surface area contributed by atoms with Gasteiger partial charge in [0.25, 0.3) is 5.91 Å². The first-order valence-electron chi connectivity index (χ1n) is 8.23. The van der Waals surface area contributed by atoms with Gasteiger partial charge in [-0.05, 0) is 56.1 Å². The van der Waals surface area contributed by atoms with Gasteiger partial charge < -0.3 is 16.0 Å². The minimum Gasteiger partial charge on any atom is -0.355 e. The molecule has 3 N–H and O–H groups in total. The number of carbonyl (C=O) groups is 1. The van der Waals surface area contributed by atoms with E-state index in [4.69, 9.17) is 0 Å². The molecular weight excluding hydrogens is 286 g/mol. The number of hydrogen-bond acceptors (Lipinski definition) is 3. The molecule has 0 spiro atoms. The van der Waals surface area contributed by atoms with Crippen molar-refractivity contribution in [3.63, 3.8) is 0 Å². The summed E-state index contributed by atoms with van der Waals surface area (Å²) in [6, 6.07) is 17.5. The van der Waals surface area contributed by atoms with E-state index in [1.807, 2.05) is 54.6 Å². The van der Waals surface area contributed by atoms with Crippen LogP contribution in [0, 0.1) is 5.92 Å². The summed E-state index contributed by atoms with van der Waals surface area (Å²) in [4.78, 5) is 12.5. The number of nitrogens with one attached hydrogen (secondary N) is 3. The Balaban J connectivity index is 1.61. The Kier molecular flexibility index (Phi) is 5.27. The molecule has 0 bridgehead atoms. The van der Waals surface area contributed by atoms with Crippen molar-refractivity contribution in [2.24, 2.45) is 5.92 Å². The predicted molar refractivity (Wildman–Crippen MR) is 94.1 cm³/mol. The standard InChI is InChI=1S/C19H23N3O/c23-19(21-13-11-15-10-12-20-14-15)17-8-4-5-9-18(17)22-16-6-2-1-3-7-16/h1-9,15,20,22H,10-14H2,(H,21,23). The lowest BCUT2D eigenvalue weighted by molar-refractivity contribution is 0.0952. The Labute approximate surface area is 137 Å². The minimum atomic E-state index is -0.0185. The Morgan fingerprint density at radius 3 is 2.65 bits per heavy atom. The van der Waals surface area contributed by atoms with Gasteiger partial charge in [-0.1, -0.05) is 30.3 Å². The van der Waals surface area contributed by atoms with Gasteiger partial charge >= 0.3 is 0 Å². The van der Waals surface area contributed by atoms with Gasteiger partial charge in [0.1, 0.15) is 0 Å². The van der Waals surface area contributed by atoms with Crippen LogP contribution in [0.15, 0.2) is 54.6 Å². The van der Waals surface area contributed by atoms with E-state index in [2.05, 4.69) is 16.0 Å². The summed E-state index contributed by atoms with van der Waals surface area (Å²) >= 11 is 0. The molecule has 2 aromatic rings. The number of benzene rings is 2. The van der Waals surface area contributed by atoms with Gasteiger partial charge in [0.05, 0.1) is 11.3 Å². The lowest BCUT2D eigenvalue weighted by Crippen LogP contribution is -2.27. The van der Waals surface area contributed by atoms with Crippen molar-refractivity contribution < 1.29 is 4.79 Å². The molecule has 120 valence electrons. The fourth-order valence-corrected chi connectivity index (χ4v) is 2.91. The van der Waals surface area contributed by atoms with Crippen molar-refractivity contribution >= 4 is 17.3 Å². The number of hydrogen-bond donors (Lipinski definition) is 3. The molecule has 3 rings (SSSR count). The molecule has 1 aliphatic heterocycles. The third kappa shape index (κ3) is 4.33. The average Bonchev–Trinajstić information content (AvgIpc) is 3.09. The highest BCUT2D eigenvalue weighted by atomic mass is 16.1. The maximum Gasteiger partial charge on any atom is 0.253 e. The van der Waals surface area contributed by atoms with Gasteiger partial charge in [-0.25, -0.2) is 0 Å². The molecule has 23 heavy (non-hydrogen) atoms. The predicted octanol–water partition coefficient (Wildman–Crippen LogP) is 3.16. The van der Waals surface area contributed by atoms with E-state index >= 15 is 0 Å². The molecule has 1 fully saturated rings.